The topological polar surface area (TPSA) is 85.2 Å². The van der Waals surface area contributed by atoms with Crippen molar-refractivity contribution in [3.8, 4) is 11.8 Å². The van der Waals surface area contributed by atoms with Gasteiger partial charge in [0.25, 0.3) is 0 Å². The average molecular weight is 263 g/mol. The molecular formula is C12H10FN3O3. The van der Waals surface area contributed by atoms with Gasteiger partial charge in [0.05, 0.1) is 11.4 Å². The molecule has 0 radical (unpaired) electrons. The largest absolute Gasteiger partial charge is 0.477 e. The van der Waals surface area contributed by atoms with Crippen LogP contribution in [0.2, 0.25) is 0 Å². The molecule has 0 aliphatic carbocycles. The molecular weight excluding hydrogens is 253 g/mol. The highest BCUT2D eigenvalue weighted by atomic mass is 19.1. The average Bonchev–Trinajstić information content (AvgIpc) is 2.33. The van der Waals surface area contributed by atoms with E-state index >= 15 is 0 Å². The highest BCUT2D eigenvalue weighted by Crippen LogP contribution is 2.25. The molecule has 2 aromatic rings. The number of rotatable bonds is 3. The molecule has 98 valence electrons. The first-order chi connectivity index (χ1) is 8.99. The number of carbonyl (C=O) groups is 1. The fourth-order valence-corrected chi connectivity index (χ4v) is 1.38. The van der Waals surface area contributed by atoms with Gasteiger partial charge in [-0.2, -0.15) is 4.98 Å². The molecule has 7 heteroatoms. The van der Waals surface area contributed by atoms with E-state index in [4.69, 9.17) is 9.84 Å². The highest BCUT2D eigenvalue weighted by Gasteiger charge is 2.18. The van der Waals surface area contributed by atoms with Gasteiger partial charge in [0.15, 0.2) is 0 Å². The van der Waals surface area contributed by atoms with E-state index in [1.54, 1.807) is 13.8 Å². The second kappa shape index (κ2) is 4.97. The normalized spacial score (nSPS) is 10.3. The molecule has 1 aromatic carbocycles. The van der Waals surface area contributed by atoms with E-state index in [-0.39, 0.29) is 11.8 Å². The summed E-state index contributed by atoms with van der Waals surface area (Å²) in [5, 5.41) is 16.4. The predicted molar refractivity (Wildman–Crippen MR) is 62.7 cm³/mol. The summed E-state index contributed by atoms with van der Waals surface area (Å²) in [5.74, 6) is -2.48. The summed E-state index contributed by atoms with van der Waals surface area (Å²) in [6, 6.07) is 3.57. The van der Waals surface area contributed by atoms with Crippen LogP contribution in [0.25, 0.3) is 0 Å². The Labute approximate surface area is 107 Å². The molecule has 1 N–H and O–H groups in total. The van der Waals surface area contributed by atoms with Gasteiger partial charge in [0, 0.05) is 0 Å². The van der Waals surface area contributed by atoms with E-state index in [2.05, 4.69) is 15.2 Å². The lowest BCUT2D eigenvalue weighted by atomic mass is 10.2. The van der Waals surface area contributed by atoms with Gasteiger partial charge in [-0.3, -0.25) is 0 Å². The van der Waals surface area contributed by atoms with Crippen molar-refractivity contribution < 1.29 is 19.0 Å². The number of aromatic nitrogens is 3. The van der Waals surface area contributed by atoms with Gasteiger partial charge >= 0.3 is 12.0 Å². The summed E-state index contributed by atoms with van der Waals surface area (Å²) in [6.45, 7) is 3.44. The van der Waals surface area contributed by atoms with Crippen molar-refractivity contribution in [2.75, 3.05) is 0 Å². The molecule has 19 heavy (non-hydrogen) atoms. The predicted octanol–water partition coefficient (Wildman–Crippen LogP) is 2.12. The first-order valence-corrected chi connectivity index (χ1v) is 5.36. The van der Waals surface area contributed by atoms with Crippen molar-refractivity contribution in [2.45, 2.75) is 13.8 Å². The van der Waals surface area contributed by atoms with Gasteiger partial charge in [-0.25, -0.2) is 9.18 Å². The Morgan fingerprint density at radius 2 is 2.00 bits per heavy atom. The number of aromatic carboxylic acids is 1. The number of hydrogen-bond acceptors (Lipinski definition) is 5. The third-order valence-corrected chi connectivity index (χ3v) is 2.46. The van der Waals surface area contributed by atoms with Crippen LogP contribution >= 0.6 is 0 Å². The van der Waals surface area contributed by atoms with Crippen molar-refractivity contribution in [1.82, 2.24) is 15.2 Å². The van der Waals surface area contributed by atoms with Crippen molar-refractivity contribution in [2.24, 2.45) is 0 Å². The maximum atomic E-state index is 13.4. The monoisotopic (exact) mass is 263 g/mol. The van der Waals surface area contributed by atoms with Crippen LogP contribution in [0.4, 0.5) is 4.39 Å². The number of hydrogen-bond donors (Lipinski definition) is 1. The van der Waals surface area contributed by atoms with E-state index < -0.39 is 17.3 Å². The Hall–Kier alpha value is -2.57. The van der Waals surface area contributed by atoms with E-state index in [0.29, 0.717) is 11.4 Å². The Balaban J connectivity index is 2.40. The van der Waals surface area contributed by atoms with Crippen LogP contribution in [0.3, 0.4) is 0 Å². The molecule has 0 saturated carbocycles. The molecule has 0 unspecified atom stereocenters. The number of halogens is 1. The minimum Gasteiger partial charge on any atom is -0.477 e. The first kappa shape index (κ1) is 12.9. The molecule has 0 fully saturated rings. The maximum Gasteiger partial charge on any atom is 0.342 e. The van der Waals surface area contributed by atoms with E-state index in [1.165, 1.54) is 12.1 Å². The molecule has 0 bridgehead atoms. The summed E-state index contributed by atoms with van der Waals surface area (Å²) in [6.07, 6.45) is 0. The van der Waals surface area contributed by atoms with Gasteiger partial charge in [-0.1, -0.05) is 11.2 Å². The lowest BCUT2D eigenvalue weighted by Crippen LogP contribution is -2.06. The number of carboxylic acids is 1. The minimum atomic E-state index is -1.43. The summed E-state index contributed by atoms with van der Waals surface area (Å²) >= 11 is 0. The number of aryl methyl sites for hydroxylation is 2. The maximum absolute atomic E-state index is 13.4. The molecule has 0 aliphatic heterocycles. The van der Waals surface area contributed by atoms with Crippen molar-refractivity contribution in [1.29, 1.82) is 0 Å². The molecule has 0 atom stereocenters. The third-order valence-electron chi connectivity index (χ3n) is 2.46. The van der Waals surface area contributed by atoms with Crippen molar-refractivity contribution >= 4 is 5.97 Å². The summed E-state index contributed by atoms with van der Waals surface area (Å²) in [5.41, 5.74) is 0.660. The van der Waals surface area contributed by atoms with Gasteiger partial charge in [-0.05, 0) is 26.0 Å². The number of ether oxygens (including phenoxy) is 1. The quantitative estimate of drug-likeness (QED) is 0.912. The second-order valence-corrected chi connectivity index (χ2v) is 3.79. The lowest BCUT2D eigenvalue weighted by Gasteiger charge is -2.07. The number of nitrogens with zero attached hydrogens (tertiary/aromatic N) is 3. The zero-order valence-electron chi connectivity index (χ0n) is 10.2. The van der Waals surface area contributed by atoms with Crippen molar-refractivity contribution in [3.63, 3.8) is 0 Å². The minimum absolute atomic E-state index is 0.129. The van der Waals surface area contributed by atoms with E-state index in [9.17, 15) is 9.18 Å². The standard InChI is InChI=1S/C12H10FN3O3/c1-6-7(2)15-16-12(14-6)19-9-5-3-4-8(13)10(9)11(17)18/h3-5H,1-2H3,(H,17,18). The molecule has 0 saturated heterocycles. The Morgan fingerprint density at radius 3 is 2.63 bits per heavy atom. The summed E-state index contributed by atoms with van der Waals surface area (Å²) in [4.78, 5) is 15.0. The molecule has 6 nitrogen and oxygen atoms in total. The fraction of sp³-hybridized carbons (Fsp3) is 0.167. The van der Waals surface area contributed by atoms with Crippen LogP contribution in [0.5, 0.6) is 11.8 Å². The second-order valence-electron chi connectivity index (χ2n) is 3.79. The van der Waals surface area contributed by atoms with Gasteiger partial charge < -0.3 is 9.84 Å². The van der Waals surface area contributed by atoms with Crippen LogP contribution in [0.15, 0.2) is 18.2 Å². The number of carboxylic acid groups (broad SMARTS) is 1. The van der Waals surface area contributed by atoms with Crippen LogP contribution in [0, 0.1) is 19.7 Å². The van der Waals surface area contributed by atoms with E-state index in [0.717, 1.165) is 6.07 Å². The van der Waals surface area contributed by atoms with Crippen molar-refractivity contribution in [3.05, 3.63) is 41.0 Å². The Morgan fingerprint density at radius 1 is 1.26 bits per heavy atom. The first-order valence-electron chi connectivity index (χ1n) is 5.36. The zero-order valence-corrected chi connectivity index (χ0v) is 10.2. The zero-order chi connectivity index (χ0) is 14.0. The molecule has 0 amide bonds. The van der Waals surface area contributed by atoms with Gasteiger partial charge in [0.2, 0.25) is 0 Å². The van der Waals surface area contributed by atoms with Crippen LogP contribution in [-0.4, -0.2) is 26.3 Å². The van der Waals surface area contributed by atoms with Crippen LogP contribution < -0.4 is 4.74 Å². The lowest BCUT2D eigenvalue weighted by molar-refractivity contribution is 0.0688. The van der Waals surface area contributed by atoms with E-state index in [1.807, 2.05) is 0 Å². The van der Waals surface area contributed by atoms with Gasteiger partial charge in [-0.15, -0.1) is 5.10 Å². The fourth-order valence-electron chi connectivity index (χ4n) is 1.38. The van der Waals surface area contributed by atoms with Gasteiger partial charge in [0.1, 0.15) is 17.1 Å². The molecule has 0 aliphatic rings. The SMILES string of the molecule is Cc1nnc(Oc2cccc(F)c2C(=O)O)nc1C. The Kier molecular flexibility index (Phi) is 3.37. The molecule has 2 rings (SSSR count). The number of benzene rings is 1. The molecule has 1 aromatic heterocycles. The van der Waals surface area contributed by atoms with Crippen LogP contribution in [-0.2, 0) is 0 Å². The Bertz CT molecular complexity index is 646. The summed E-state index contributed by atoms with van der Waals surface area (Å²) < 4.78 is 18.6. The van der Waals surface area contributed by atoms with Crippen LogP contribution in [0.1, 0.15) is 21.7 Å². The molecule has 1 heterocycles. The summed E-state index contributed by atoms with van der Waals surface area (Å²) in [7, 11) is 0. The molecule has 0 spiro atoms. The third kappa shape index (κ3) is 2.65. The highest BCUT2D eigenvalue weighted by molar-refractivity contribution is 5.91. The smallest absolute Gasteiger partial charge is 0.342 e.